The summed E-state index contributed by atoms with van der Waals surface area (Å²) in [5.41, 5.74) is 1.28. The highest BCUT2D eigenvalue weighted by molar-refractivity contribution is 5.69. The number of carbonyl (C=O) groups excluding carboxylic acids is 1. The van der Waals surface area contributed by atoms with Gasteiger partial charge in [-0.25, -0.2) is 18.3 Å². The molecule has 0 fully saturated rings. The summed E-state index contributed by atoms with van der Waals surface area (Å²) >= 11 is 0. The van der Waals surface area contributed by atoms with Gasteiger partial charge in [-0.1, -0.05) is 0 Å². The van der Waals surface area contributed by atoms with Gasteiger partial charge in [-0.2, -0.15) is 5.10 Å². The van der Waals surface area contributed by atoms with Crippen molar-refractivity contribution in [3.8, 4) is 5.69 Å². The topological polar surface area (TPSA) is 47.4 Å². The van der Waals surface area contributed by atoms with Crippen LogP contribution in [0.25, 0.3) is 5.69 Å². The molecule has 2 heterocycles. The minimum Gasteiger partial charge on any atom is -0.444 e. The molecule has 3 rings (SSSR count). The minimum absolute atomic E-state index is 0.306. The molecule has 0 unspecified atom stereocenters. The Hall–Kier alpha value is -2.44. The second kappa shape index (κ2) is 5.33. The first-order valence-corrected chi connectivity index (χ1v) is 7.23. The van der Waals surface area contributed by atoms with Gasteiger partial charge in [-0.15, -0.1) is 0 Å². The van der Waals surface area contributed by atoms with Gasteiger partial charge >= 0.3 is 6.09 Å². The van der Waals surface area contributed by atoms with E-state index in [1.54, 1.807) is 31.9 Å². The fourth-order valence-corrected chi connectivity index (χ4v) is 2.41. The van der Waals surface area contributed by atoms with Crippen molar-refractivity contribution in [2.75, 3.05) is 0 Å². The maximum Gasteiger partial charge on any atom is 0.410 e. The van der Waals surface area contributed by atoms with E-state index in [9.17, 15) is 13.6 Å². The number of halogens is 2. The molecule has 2 aromatic rings. The molecule has 0 spiro atoms. The van der Waals surface area contributed by atoms with Crippen LogP contribution in [0.4, 0.5) is 13.6 Å². The van der Waals surface area contributed by atoms with Crippen molar-refractivity contribution in [2.45, 2.75) is 39.5 Å². The van der Waals surface area contributed by atoms with Crippen LogP contribution in [0.3, 0.4) is 0 Å². The number of benzene rings is 1. The van der Waals surface area contributed by atoms with Crippen LogP contribution in [-0.4, -0.2) is 26.4 Å². The molecule has 1 amide bonds. The summed E-state index contributed by atoms with van der Waals surface area (Å²) < 4.78 is 33.3. The number of carbonyl (C=O) groups is 1. The summed E-state index contributed by atoms with van der Waals surface area (Å²) in [5, 5.41) is 4.31. The lowest BCUT2D eigenvalue weighted by Crippen LogP contribution is -2.33. The highest BCUT2D eigenvalue weighted by Gasteiger charge is 2.30. The van der Waals surface area contributed by atoms with Gasteiger partial charge in [0.05, 0.1) is 24.5 Å². The molecule has 7 heteroatoms. The standard InChI is InChI=1S/C16H17F2N3O2/c1-16(2,3)23-15(22)20-7-10-8-21(19-14(10)9-20)13-5-11(17)4-12(18)6-13/h4-6,8H,7,9H2,1-3H3. The summed E-state index contributed by atoms with van der Waals surface area (Å²) in [5.74, 6) is -1.32. The third-order valence-corrected chi connectivity index (χ3v) is 3.34. The Labute approximate surface area is 132 Å². The number of rotatable bonds is 1. The van der Waals surface area contributed by atoms with Crippen LogP contribution in [0.5, 0.6) is 0 Å². The highest BCUT2D eigenvalue weighted by atomic mass is 19.1. The van der Waals surface area contributed by atoms with Gasteiger partial charge in [0.2, 0.25) is 0 Å². The molecule has 1 aliphatic rings. The predicted molar refractivity (Wildman–Crippen MR) is 79.0 cm³/mol. The maximum absolute atomic E-state index is 13.3. The lowest BCUT2D eigenvalue weighted by molar-refractivity contribution is 0.0239. The molecule has 1 aromatic carbocycles. The molecule has 122 valence electrons. The predicted octanol–water partition coefficient (Wildman–Crippen LogP) is 3.40. The van der Waals surface area contributed by atoms with E-state index in [1.165, 1.54) is 16.8 Å². The number of nitrogens with zero attached hydrogens (tertiary/aromatic N) is 3. The van der Waals surface area contributed by atoms with E-state index < -0.39 is 23.3 Å². The molecule has 1 aromatic heterocycles. The molecule has 0 saturated carbocycles. The van der Waals surface area contributed by atoms with Crippen LogP contribution >= 0.6 is 0 Å². The summed E-state index contributed by atoms with van der Waals surface area (Å²) in [6.45, 7) is 6.09. The van der Waals surface area contributed by atoms with Crippen molar-refractivity contribution >= 4 is 6.09 Å². The van der Waals surface area contributed by atoms with Crippen molar-refractivity contribution in [1.29, 1.82) is 0 Å². The van der Waals surface area contributed by atoms with Gasteiger partial charge in [0.1, 0.15) is 17.2 Å². The third kappa shape index (κ3) is 3.33. The van der Waals surface area contributed by atoms with E-state index in [0.717, 1.165) is 11.6 Å². The summed E-state index contributed by atoms with van der Waals surface area (Å²) in [6.07, 6.45) is 1.27. The summed E-state index contributed by atoms with van der Waals surface area (Å²) in [7, 11) is 0. The molecule has 0 atom stereocenters. The van der Waals surface area contributed by atoms with Crippen molar-refractivity contribution < 1.29 is 18.3 Å². The maximum atomic E-state index is 13.3. The quantitative estimate of drug-likeness (QED) is 0.809. The normalized spacial score (nSPS) is 14.0. The zero-order valence-corrected chi connectivity index (χ0v) is 13.1. The number of amides is 1. The second-order valence-corrected chi connectivity index (χ2v) is 6.51. The minimum atomic E-state index is -0.661. The van der Waals surface area contributed by atoms with E-state index in [2.05, 4.69) is 5.10 Å². The SMILES string of the molecule is CC(C)(C)OC(=O)N1Cc2cn(-c3cc(F)cc(F)c3)nc2C1. The molecular weight excluding hydrogens is 304 g/mol. The van der Waals surface area contributed by atoms with Crippen molar-refractivity contribution in [2.24, 2.45) is 0 Å². The van der Waals surface area contributed by atoms with Crippen molar-refractivity contribution in [3.05, 3.63) is 47.3 Å². The lowest BCUT2D eigenvalue weighted by atomic mass is 10.2. The monoisotopic (exact) mass is 321 g/mol. The Morgan fingerprint density at radius 3 is 2.39 bits per heavy atom. The van der Waals surface area contributed by atoms with Crippen LogP contribution < -0.4 is 0 Å². The number of hydrogen-bond acceptors (Lipinski definition) is 3. The van der Waals surface area contributed by atoms with Crippen LogP contribution in [0.1, 0.15) is 32.0 Å². The van der Waals surface area contributed by atoms with E-state index >= 15 is 0 Å². The number of ether oxygens (including phenoxy) is 1. The zero-order chi connectivity index (χ0) is 16.8. The first-order chi connectivity index (χ1) is 10.7. The van der Waals surface area contributed by atoms with Gasteiger partial charge in [0.25, 0.3) is 0 Å². The van der Waals surface area contributed by atoms with Crippen LogP contribution in [0.2, 0.25) is 0 Å². The molecule has 5 nitrogen and oxygen atoms in total. The molecule has 0 N–H and O–H groups in total. The summed E-state index contributed by atoms with van der Waals surface area (Å²) in [4.78, 5) is 13.6. The van der Waals surface area contributed by atoms with E-state index in [-0.39, 0.29) is 0 Å². The highest BCUT2D eigenvalue weighted by Crippen LogP contribution is 2.25. The molecule has 23 heavy (non-hydrogen) atoms. The Bertz CT molecular complexity index is 721. The van der Waals surface area contributed by atoms with Crippen LogP contribution in [0, 0.1) is 11.6 Å². The van der Waals surface area contributed by atoms with Gasteiger partial charge in [0, 0.05) is 17.8 Å². The average Bonchev–Trinajstić information content (AvgIpc) is 2.92. The Kier molecular flexibility index (Phi) is 3.58. The molecule has 0 aliphatic carbocycles. The molecular formula is C16H17F2N3O2. The van der Waals surface area contributed by atoms with Crippen LogP contribution in [0.15, 0.2) is 24.4 Å². The lowest BCUT2D eigenvalue weighted by Gasteiger charge is -2.24. The van der Waals surface area contributed by atoms with Gasteiger partial charge in [-0.3, -0.25) is 4.90 Å². The second-order valence-electron chi connectivity index (χ2n) is 6.51. The molecule has 0 radical (unpaired) electrons. The summed E-state index contributed by atoms with van der Waals surface area (Å²) in [6, 6.07) is 3.22. The third-order valence-electron chi connectivity index (χ3n) is 3.34. The van der Waals surface area contributed by atoms with Gasteiger partial charge in [0.15, 0.2) is 0 Å². The van der Waals surface area contributed by atoms with Crippen molar-refractivity contribution in [3.63, 3.8) is 0 Å². The average molecular weight is 321 g/mol. The molecule has 0 saturated heterocycles. The van der Waals surface area contributed by atoms with Gasteiger partial charge < -0.3 is 4.74 Å². The molecule has 0 bridgehead atoms. The smallest absolute Gasteiger partial charge is 0.410 e. The van der Waals surface area contributed by atoms with E-state index in [0.29, 0.717) is 24.5 Å². The largest absolute Gasteiger partial charge is 0.444 e. The first kappa shape index (κ1) is 15.5. The fraction of sp³-hybridized carbons (Fsp3) is 0.375. The fourth-order valence-electron chi connectivity index (χ4n) is 2.41. The first-order valence-electron chi connectivity index (χ1n) is 7.23. The van der Waals surface area contributed by atoms with Crippen LogP contribution in [-0.2, 0) is 17.8 Å². The van der Waals surface area contributed by atoms with Gasteiger partial charge in [-0.05, 0) is 32.9 Å². The Morgan fingerprint density at radius 1 is 1.17 bits per heavy atom. The van der Waals surface area contributed by atoms with Crippen molar-refractivity contribution in [1.82, 2.24) is 14.7 Å². The number of fused-ring (bicyclic) bond motifs is 1. The zero-order valence-electron chi connectivity index (χ0n) is 13.1. The number of hydrogen-bond donors (Lipinski definition) is 0. The Morgan fingerprint density at radius 2 is 1.83 bits per heavy atom. The van der Waals surface area contributed by atoms with E-state index in [1.807, 2.05) is 0 Å². The number of aromatic nitrogens is 2. The molecule has 1 aliphatic heterocycles. The Balaban J connectivity index is 1.77. The van der Waals surface area contributed by atoms with E-state index in [4.69, 9.17) is 4.74 Å².